The SMILES string of the molecule is CC1=C(C)CC2C(=CC1)CCCCC2C. The van der Waals surface area contributed by atoms with Gasteiger partial charge in [0.1, 0.15) is 0 Å². The van der Waals surface area contributed by atoms with Gasteiger partial charge in [-0.25, -0.2) is 0 Å². The highest BCUT2D eigenvalue weighted by molar-refractivity contribution is 5.24. The Balaban J connectivity index is 2.24. The van der Waals surface area contributed by atoms with Crippen LogP contribution in [0.15, 0.2) is 22.8 Å². The fourth-order valence-electron chi connectivity index (χ4n) is 3.10. The Morgan fingerprint density at radius 1 is 1.13 bits per heavy atom. The van der Waals surface area contributed by atoms with Crippen molar-refractivity contribution in [3.63, 3.8) is 0 Å². The minimum atomic E-state index is 0.866. The molecule has 0 radical (unpaired) electrons. The van der Waals surface area contributed by atoms with Gasteiger partial charge in [0, 0.05) is 0 Å². The summed E-state index contributed by atoms with van der Waals surface area (Å²) in [6.07, 6.45) is 10.8. The Morgan fingerprint density at radius 3 is 2.73 bits per heavy atom. The average Bonchev–Trinajstić information content (AvgIpc) is 2.46. The molecule has 2 rings (SSSR count). The molecule has 2 unspecified atom stereocenters. The van der Waals surface area contributed by atoms with E-state index in [-0.39, 0.29) is 0 Å². The molecular formula is C15H24. The smallest absolute Gasteiger partial charge is 0.0136 e. The average molecular weight is 204 g/mol. The molecule has 0 bridgehead atoms. The summed E-state index contributed by atoms with van der Waals surface area (Å²) >= 11 is 0. The van der Waals surface area contributed by atoms with Gasteiger partial charge in [0.2, 0.25) is 0 Å². The fraction of sp³-hybridized carbons (Fsp3) is 0.733. The minimum absolute atomic E-state index is 0.866. The van der Waals surface area contributed by atoms with Crippen LogP contribution in [-0.4, -0.2) is 0 Å². The molecule has 1 fully saturated rings. The van der Waals surface area contributed by atoms with Gasteiger partial charge in [-0.1, -0.05) is 42.6 Å². The molecule has 0 nitrogen and oxygen atoms in total. The van der Waals surface area contributed by atoms with Crippen molar-refractivity contribution in [3.8, 4) is 0 Å². The number of allylic oxidation sites excluding steroid dienone is 4. The van der Waals surface area contributed by atoms with Crippen LogP contribution in [-0.2, 0) is 0 Å². The predicted octanol–water partition coefficient (Wildman–Crippen LogP) is 4.87. The topological polar surface area (TPSA) is 0 Å². The summed E-state index contributed by atoms with van der Waals surface area (Å²) in [7, 11) is 0. The van der Waals surface area contributed by atoms with Crippen molar-refractivity contribution in [1.29, 1.82) is 0 Å². The van der Waals surface area contributed by atoms with Crippen LogP contribution in [0.25, 0.3) is 0 Å². The molecule has 0 saturated heterocycles. The molecule has 0 amide bonds. The molecule has 84 valence electrons. The van der Waals surface area contributed by atoms with Crippen LogP contribution in [0, 0.1) is 11.8 Å². The molecule has 2 atom stereocenters. The third kappa shape index (κ3) is 2.35. The Morgan fingerprint density at radius 2 is 1.93 bits per heavy atom. The molecule has 2 aliphatic carbocycles. The van der Waals surface area contributed by atoms with Gasteiger partial charge in [-0.15, -0.1) is 0 Å². The van der Waals surface area contributed by atoms with E-state index in [9.17, 15) is 0 Å². The fourth-order valence-corrected chi connectivity index (χ4v) is 3.10. The van der Waals surface area contributed by atoms with E-state index in [0.717, 1.165) is 11.8 Å². The summed E-state index contributed by atoms with van der Waals surface area (Å²) in [5.41, 5.74) is 5.04. The second kappa shape index (κ2) is 4.55. The summed E-state index contributed by atoms with van der Waals surface area (Å²) in [4.78, 5) is 0. The first kappa shape index (κ1) is 11.0. The highest BCUT2D eigenvalue weighted by atomic mass is 14.3. The van der Waals surface area contributed by atoms with E-state index >= 15 is 0 Å². The summed E-state index contributed by atoms with van der Waals surface area (Å²) in [6.45, 7) is 7.10. The maximum Gasteiger partial charge on any atom is -0.0136 e. The van der Waals surface area contributed by atoms with E-state index in [2.05, 4.69) is 26.8 Å². The summed E-state index contributed by atoms with van der Waals surface area (Å²) < 4.78 is 0. The number of rotatable bonds is 0. The maximum absolute atomic E-state index is 2.54. The summed E-state index contributed by atoms with van der Waals surface area (Å²) in [5, 5.41) is 0. The second-order valence-electron chi connectivity index (χ2n) is 5.58. The molecule has 2 aliphatic rings. The number of hydrogen-bond donors (Lipinski definition) is 0. The van der Waals surface area contributed by atoms with Gasteiger partial charge >= 0.3 is 0 Å². The summed E-state index contributed by atoms with van der Waals surface area (Å²) in [6, 6.07) is 0. The zero-order chi connectivity index (χ0) is 10.8. The first-order valence-corrected chi connectivity index (χ1v) is 6.52. The number of hydrogen-bond acceptors (Lipinski definition) is 0. The standard InChI is InChI=1S/C15H24/c1-11-8-9-14-7-5-4-6-12(2)15(14)10-13(11)3/h9,12,15H,4-8,10H2,1-3H3. The van der Waals surface area contributed by atoms with E-state index in [4.69, 9.17) is 0 Å². The highest BCUT2D eigenvalue weighted by Crippen LogP contribution is 2.39. The lowest BCUT2D eigenvalue weighted by Crippen LogP contribution is -2.12. The molecule has 0 heteroatoms. The van der Waals surface area contributed by atoms with Crippen molar-refractivity contribution < 1.29 is 0 Å². The molecule has 15 heavy (non-hydrogen) atoms. The Labute approximate surface area is 94.5 Å². The third-order valence-corrected chi connectivity index (χ3v) is 4.46. The van der Waals surface area contributed by atoms with Crippen LogP contribution in [0.1, 0.15) is 59.3 Å². The lowest BCUT2D eigenvalue weighted by molar-refractivity contribution is 0.391. The quantitative estimate of drug-likeness (QED) is 0.494. The normalized spacial score (nSPS) is 32.9. The van der Waals surface area contributed by atoms with Crippen LogP contribution >= 0.6 is 0 Å². The lowest BCUT2D eigenvalue weighted by Gasteiger charge is -2.23. The van der Waals surface area contributed by atoms with Crippen LogP contribution in [0.4, 0.5) is 0 Å². The molecule has 0 aromatic rings. The first-order chi connectivity index (χ1) is 7.18. The van der Waals surface area contributed by atoms with Crippen molar-refractivity contribution in [1.82, 2.24) is 0 Å². The van der Waals surface area contributed by atoms with Crippen LogP contribution < -0.4 is 0 Å². The van der Waals surface area contributed by atoms with Gasteiger partial charge in [-0.05, 0) is 51.4 Å². The van der Waals surface area contributed by atoms with E-state index in [0.29, 0.717) is 0 Å². The largest absolute Gasteiger partial charge is 0.0810 e. The van der Waals surface area contributed by atoms with Crippen LogP contribution in [0.3, 0.4) is 0 Å². The Bertz CT molecular complexity index is 293. The van der Waals surface area contributed by atoms with Gasteiger partial charge in [-0.3, -0.25) is 0 Å². The van der Waals surface area contributed by atoms with Crippen LogP contribution in [0.2, 0.25) is 0 Å². The zero-order valence-electron chi connectivity index (χ0n) is 10.5. The number of fused-ring (bicyclic) bond motifs is 1. The van der Waals surface area contributed by atoms with Crippen molar-refractivity contribution in [2.75, 3.05) is 0 Å². The van der Waals surface area contributed by atoms with Gasteiger partial charge < -0.3 is 0 Å². The Kier molecular flexibility index (Phi) is 3.33. The predicted molar refractivity (Wildman–Crippen MR) is 66.8 cm³/mol. The van der Waals surface area contributed by atoms with Crippen molar-refractivity contribution in [2.24, 2.45) is 11.8 Å². The van der Waals surface area contributed by atoms with E-state index in [1.165, 1.54) is 38.5 Å². The van der Waals surface area contributed by atoms with Crippen molar-refractivity contribution in [2.45, 2.75) is 59.3 Å². The molecule has 0 aliphatic heterocycles. The van der Waals surface area contributed by atoms with Crippen LogP contribution in [0.5, 0.6) is 0 Å². The van der Waals surface area contributed by atoms with E-state index in [1.807, 2.05) is 0 Å². The van der Waals surface area contributed by atoms with Gasteiger partial charge in [0.25, 0.3) is 0 Å². The molecular weight excluding hydrogens is 180 g/mol. The molecule has 1 saturated carbocycles. The molecule has 0 aromatic carbocycles. The monoisotopic (exact) mass is 204 g/mol. The van der Waals surface area contributed by atoms with Gasteiger partial charge in [0.15, 0.2) is 0 Å². The first-order valence-electron chi connectivity index (χ1n) is 6.52. The molecule has 0 N–H and O–H groups in total. The highest BCUT2D eigenvalue weighted by Gasteiger charge is 2.25. The van der Waals surface area contributed by atoms with Crippen molar-refractivity contribution in [3.05, 3.63) is 22.8 Å². The van der Waals surface area contributed by atoms with E-state index < -0.39 is 0 Å². The summed E-state index contributed by atoms with van der Waals surface area (Å²) in [5.74, 6) is 1.77. The minimum Gasteiger partial charge on any atom is -0.0810 e. The maximum atomic E-state index is 2.54. The van der Waals surface area contributed by atoms with Gasteiger partial charge in [0.05, 0.1) is 0 Å². The second-order valence-corrected chi connectivity index (χ2v) is 5.58. The van der Waals surface area contributed by atoms with Gasteiger partial charge in [-0.2, -0.15) is 0 Å². The van der Waals surface area contributed by atoms with Crippen molar-refractivity contribution >= 4 is 0 Å². The molecule has 0 aromatic heterocycles. The lowest BCUT2D eigenvalue weighted by atomic mass is 9.82. The third-order valence-electron chi connectivity index (χ3n) is 4.46. The molecule has 0 heterocycles. The molecule has 0 spiro atoms. The zero-order valence-corrected chi connectivity index (χ0v) is 10.5. The van der Waals surface area contributed by atoms with E-state index in [1.54, 1.807) is 16.7 Å². The Hall–Kier alpha value is -0.520.